The maximum atomic E-state index is 12.9. The summed E-state index contributed by atoms with van der Waals surface area (Å²) in [6.45, 7) is 0.251. The summed E-state index contributed by atoms with van der Waals surface area (Å²) in [5, 5.41) is 10.8. The first-order chi connectivity index (χ1) is 14.0. The van der Waals surface area contributed by atoms with Crippen LogP contribution in [0.15, 0.2) is 52.3 Å². The fourth-order valence-electron chi connectivity index (χ4n) is 2.25. The predicted molar refractivity (Wildman–Crippen MR) is 107 cm³/mol. The van der Waals surface area contributed by atoms with Gasteiger partial charge in [0.2, 0.25) is 25.5 Å². The van der Waals surface area contributed by atoms with E-state index in [-0.39, 0.29) is 18.3 Å². The number of rotatable bonds is 6. The van der Waals surface area contributed by atoms with Gasteiger partial charge in [0.15, 0.2) is 0 Å². The second-order valence-corrected chi connectivity index (χ2v) is 10.6. The van der Waals surface area contributed by atoms with Crippen LogP contribution in [0.2, 0.25) is 5.02 Å². The molecule has 0 radical (unpaired) electrons. The molecule has 2 rings (SSSR count). The predicted octanol–water partition coefficient (Wildman–Crippen LogP) is 2.80. The number of hydrogen-bond acceptors (Lipinski definition) is 6. The molecule has 2 aromatic carbocycles. The number of para-hydroxylation sites is 1. The van der Waals surface area contributed by atoms with Crippen molar-refractivity contribution in [3.05, 3.63) is 47.5 Å². The van der Waals surface area contributed by atoms with Crippen LogP contribution in [0.5, 0.6) is 0 Å². The average Bonchev–Trinajstić information content (AvgIpc) is 2.61. The van der Waals surface area contributed by atoms with Crippen molar-refractivity contribution in [3.8, 4) is 0 Å². The van der Waals surface area contributed by atoms with Crippen LogP contribution in [0.3, 0.4) is 0 Å². The summed E-state index contributed by atoms with van der Waals surface area (Å²) in [6, 6.07) is 7.89. The second-order valence-electron chi connectivity index (χ2n) is 6.54. The van der Waals surface area contributed by atoms with Gasteiger partial charge in [-0.3, -0.25) is 9.52 Å². The molecular formula is C17H16ClF3N2O6S2. The van der Waals surface area contributed by atoms with E-state index in [9.17, 15) is 39.9 Å². The molecule has 3 N–H and O–H groups in total. The zero-order valence-corrected chi connectivity index (χ0v) is 18.2. The number of nitrogens with one attached hydrogen (secondary N) is 2. The highest BCUT2D eigenvalue weighted by Crippen LogP contribution is 2.34. The van der Waals surface area contributed by atoms with Crippen molar-refractivity contribution < 1.29 is 39.9 Å². The Bertz CT molecular complexity index is 1230. The van der Waals surface area contributed by atoms with E-state index >= 15 is 0 Å². The van der Waals surface area contributed by atoms with Crippen LogP contribution in [0.4, 0.5) is 24.5 Å². The van der Waals surface area contributed by atoms with Gasteiger partial charge in [0.1, 0.15) is 0 Å². The number of sulfonamides is 1. The van der Waals surface area contributed by atoms with Crippen molar-refractivity contribution >= 4 is 48.7 Å². The van der Waals surface area contributed by atoms with Crippen molar-refractivity contribution in [1.82, 2.24) is 0 Å². The van der Waals surface area contributed by atoms with Crippen molar-refractivity contribution in [2.24, 2.45) is 0 Å². The Labute approximate surface area is 181 Å². The maximum absolute atomic E-state index is 12.9. The lowest BCUT2D eigenvalue weighted by molar-refractivity contribution is -0.242. The van der Waals surface area contributed by atoms with Gasteiger partial charge in [-0.05, 0) is 37.3 Å². The molecule has 0 aliphatic carbocycles. The largest absolute Gasteiger partial charge is 0.426 e. The number of hydrogen-bond donors (Lipinski definition) is 3. The van der Waals surface area contributed by atoms with E-state index in [1.54, 1.807) is 5.32 Å². The lowest BCUT2D eigenvalue weighted by atomic mass is 10.1. The van der Waals surface area contributed by atoms with Gasteiger partial charge < -0.3 is 10.4 Å². The molecule has 0 aromatic heterocycles. The third kappa shape index (κ3) is 5.47. The third-order valence-electron chi connectivity index (χ3n) is 3.97. The van der Waals surface area contributed by atoms with E-state index in [4.69, 9.17) is 11.6 Å². The number of alkyl halides is 3. The standard InChI is InChI=1S/C17H16ClF3N2O6S2/c1-16(25,17(19,20)21)15(24)22-12-8-7-10(9-11(12)18)31(28,29)14-6-4-3-5-13(14)23-30(2,26)27/h3-9,23,25H,1-2H3,(H,22,24). The number of benzene rings is 2. The number of anilines is 2. The summed E-state index contributed by atoms with van der Waals surface area (Å²) in [4.78, 5) is 11.0. The molecule has 1 unspecified atom stereocenters. The SMILES string of the molecule is CC(O)(C(=O)Nc1ccc(S(=O)(=O)c2ccccc2NS(C)(=O)=O)cc1Cl)C(F)(F)F. The number of amides is 1. The summed E-state index contributed by atoms with van der Waals surface area (Å²) in [7, 11) is -8.12. The topological polar surface area (TPSA) is 130 Å². The highest BCUT2D eigenvalue weighted by atomic mass is 35.5. The van der Waals surface area contributed by atoms with Crippen LogP contribution in [-0.2, 0) is 24.7 Å². The van der Waals surface area contributed by atoms with Crippen molar-refractivity contribution in [1.29, 1.82) is 0 Å². The Morgan fingerprint density at radius 2 is 1.61 bits per heavy atom. The molecule has 14 heteroatoms. The lowest BCUT2D eigenvalue weighted by Crippen LogP contribution is -2.52. The Morgan fingerprint density at radius 1 is 1.03 bits per heavy atom. The number of carbonyl (C=O) groups excluding carboxylic acids is 1. The zero-order chi connectivity index (χ0) is 23.8. The molecule has 0 spiro atoms. The normalized spacial score (nSPS) is 14.5. The first kappa shape index (κ1) is 24.9. The molecule has 8 nitrogen and oxygen atoms in total. The third-order valence-corrected chi connectivity index (χ3v) is 6.68. The maximum Gasteiger partial charge on any atom is 0.426 e. The molecule has 0 heterocycles. The zero-order valence-electron chi connectivity index (χ0n) is 15.9. The fraction of sp³-hybridized carbons (Fsp3) is 0.235. The van der Waals surface area contributed by atoms with Gasteiger partial charge in [-0.25, -0.2) is 16.8 Å². The van der Waals surface area contributed by atoms with Gasteiger partial charge in [-0.15, -0.1) is 0 Å². The Balaban J connectivity index is 2.43. The number of sulfone groups is 1. The highest BCUT2D eigenvalue weighted by molar-refractivity contribution is 7.93. The molecule has 0 saturated heterocycles. The van der Waals surface area contributed by atoms with Gasteiger partial charge in [-0.2, -0.15) is 13.2 Å². The highest BCUT2D eigenvalue weighted by Gasteiger charge is 2.55. The molecule has 1 atom stereocenters. The van der Waals surface area contributed by atoms with E-state index in [0.29, 0.717) is 0 Å². The van der Waals surface area contributed by atoms with E-state index < -0.39 is 52.4 Å². The first-order valence-electron chi connectivity index (χ1n) is 8.19. The van der Waals surface area contributed by atoms with Crippen LogP contribution < -0.4 is 10.0 Å². The number of aliphatic hydroxyl groups is 1. The van der Waals surface area contributed by atoms with Gasteiger partial charge in [-0.1, -0.05) is 23.7 Å². The summed E-state index contributed by atoms with van der Waals surface area (Å²) in [6.07, 6.45) is -4.43. The van der Waals surface area contributed by atoms with E-state index in [1.807, 2.05) is 0 Å². The van der Waals surface area contributed by atoms with Gasteiger partial charge in [0.25, 0.3) is 5.91 Å². The lowest BCUT2D eigenvalue weighted by Gasteiger charge is -2.25. The average molecular weight is 501 g/mol. The fourth-order valence-corrected chi connectivity index (χ4v) is 4.62. The van der Waals surface area contributed by atoms with Crippen LogP contribution >= 0.6 is 11.6 Å². The molecule has 0 saturated carbocycles. The molecule has 0 aliphatic rings. The van der Waals surface area contributed by atoms with E-state index in [0.717, 1.165) is 30.5 Å². The quantitative estimate of drug-likeness (QED) is 0.559. The van der Waals surface area contributed by atoms with Crippen LogP contribution in [-0.4, -0.2) is 45.9 Å². The van der Waals surface area contributed by atoms with Crippen LogP contribution in [0.1, 0.15) is 6.92 Å². The second kappa shape index (κ2) is 8.30. The minimum atomic E-state index is -5.26. The molecule has 1 amide bonds. The van der Waals surface area contributed by atoms with E-state index in [2.05, 4.69) is 4.72 Å². The molecular weight excluding hydrogens is 485 g/mol. The summed E-state index contributed by atoms with van der Waals surface area (Å²) < 4.78 is 89.3. The summed E-state index contributed by atoms with van der Waals surface area (Å²) in [5.41, 5.74) is -4.31. The molecule has 0 bridgehead atoms. The number of halogens is 4. The Hall–Kier alpha value is -2.35. The molecule has 0 fully saturated rings. The monoisotopic (exact) mass is 500 g/mol. The van der Waals surface area contributed by atoms with Crippen molar-refractivity contribution in [3.63, 3.8) is 0 Å². The summed E-state index contributed by atoms with van der Waals surface area (Å²) >= 11 is 5.92. The molecule has 0 aliphatic heterocycles. The molecule has 2 aromatic rings. The first-order valence-corrected chi connectivity index (χ1v) is 11.9. The van der Waals surface area contributed by atoms with Gasteiger partial charge in [0.05, 0.1) is 32.4 Å². The summed E-state index contributed by atoms with van der Waals surface area (Å²) in [5.74, 6) is -1.82. The smallest absolute Gasteiger partial charge is 0.373 e. The number of carbonyl (C=O) groups is 1. The Morgan fingerprint density at radius 3 is 2.13 bits per heavy atom. The van der Waals surface area contributed by atoms with Gasteiger partial charge >= 0.3 is 6.18 Å². The minimum absolute atomic E-state index is 0.222. The van der Waals surface area contributed by atoms with Crippen LogP contribution in [0.25, 0.3) is 0 Å². The van der Waals surface area contributed by atoms with E-state index in [1.165, 1.54) is 18.2 Å². The molecule has 31 heavy (non-hydrogen) atoms. The molecule has 170 valence electrons. The van der Waals surface area contributed by atoms with Crippen LogP contribution in [0, 0.1) is 0 Å². The Kier molecular flexibility index (Phi) is 6.67. The van der Waals surface area contributed by atoms with Gasteiger partial charge in [0, 0.05) is 0 Å². The minimum Gasteiger partial charge on any atom is -0.373 e. The van der Waals surface area contributed by atoms with Crippen molar-refractivity contribution in [2.75, 3.05) is 16.3 Å². The van der Waals surface area contributed by atoms with Crippen molar-refractivity contribution in [2.45, 2.75) is 28.5 Å².